The average Bonchev–Trinajstić information content (AvgIpc) is 2.45. The molecule has 1 aliphatic rings. The van der Waals surface area contributed by atoms with Crippen molar-refractivity contribution >= 4 is 33.3 Å². The summed E-state index contributed by atoms with van der Waals surface area (Å²) in [6.45, 7) is 5.35. The molecule has 24 heavy (non-hydrogen) atoms. The number of aliphatic hydroxyl groups excluding tert-OH is 1. The fourth-order valence-corrected chi connectivity index (χ4v) is 3.00. The van der Waals surface area contributed by atoms with Crippen molar-refractivity contribution in [2.24, 2.45) is 10.5 Å². The number of rotatable bonds is 3. The van der Waals surface area contributed by atoms with Crippen LogP contribution in [-0.2, 0) is 4.79 Å². The molecule has 1 aromatic carbocycles. The van der Waals surface area contributed by atoms with E-state index in [4.69, 9.17) is 0 Å². The fraction of sp³-hybridized carbons (Fsp3) is 0.353. The predicted octanol–water partition coefficient (Wildman–Crippen LogP) is 3.46. The van der Waals surface area contributed by atoms with Crippen LogP contribution in [0.4, 0.5) is 0 Å². The third-order valence-electron chi connectivity index (χ3n) is 3.74. The van der Waals surface area contributed by atoms with Crippen molar-refractivity contribution in [3.05, 3.63) is 39.6 Å². The third kappa shape index (κ3) is 4.03. The van der Waals surface area contributed by atoms with Crippen molar-refractivity contribution in [1.29, 1.82) is 0 Å². The smallest absolute Gasteiger partial charge is 0.275 e. The van der Waals surface area contributed by atoms with Gasteiger partial charge in [0, 0.05) is 17.3 Å². The summed E-state index contributed by atoms with van der Waals surface area (Å²) in [6, 6.07) is 4.45. The topological polar surface area (TPSA) is 99.0 Å². The van der Waals surface area contributed by atoms with E-state index in [0.717, 1.165) is 0 Å². The van der Waals surface area contributed by atoms with Crippen molar-refractivity contribution in [3.8, 4) is 5.75 Å². The lowest BCUT2D eigenvalue weighted by Gasteiger charge is -2.29. The van der Waals surface area contributed by atoms with Crippen LogP contribution in [-0.4, -0.2) is 27.6 Å². The van der Waals surface area contributed by atoms with Gasteiger partial charge < -0.3 is 10.2 Å². The van der Waals surface area contributed by atoms with Crippen LogP contribution in [0.1, 0.15) is 44.0 Å². The molecule has 0 heterocycles. The zero-order valence-corrected chi connectivity index (χ0v) is 15.3. The Kier molecular flexibility index (Phi) is 5.13. The number of phenols is 1. The number of nitrogens with zero attached hydrogens (tertiary/aromatic N) is 1. The summed E-state index contributed by atoms with van der Waals surface area (Å²) < 4.78 is 0.635. The van der Waals surface area contributed by atoms with Crippen LogP contribution in [0.2, 0.25) is 0 Å². The highest BCUT2D eigenvalue weighted by atomic mass is 79.9. The molecular formula is C17H19BrN2O4. The van der Waals surface area contributed by atoms with Crippen LogP contribution in [0.5, 0.6) is 5.75 Å². The average molecular weight is 395 g/mol. The minimum atomic E-state index is -0.614. The molecule has 0 atom stereocenters. The molecule has 0 spiro atoms. The first-order valence-corrected chi connectivity index (χ1v) is 8.19. The molecule has 0 aromatic heterocycles. The molecule has 0 saturated carbocycles. The number of carbonyl (C=O) groups excluding carboxylic acids is 2. The van der Waals surface area contributed by atoms with Gasteiger partial charge in [-0.3, -0.25) is 9.59 Å². The lowest BCUT2D eigenvalue weighted by atomic mass is 9.76. The number of nitrogens with one attached hydrogen (secondary N) is 1. The summed E-state index contributed by atoms with van der Waals surface area (Å²) in [6.07, 6.45) is 0.681. The molecular weight excluding hydrogens is 376 g/mol. The monoisotopic (exact) mass is 394 g/mol. The Labute approximate surface area is 148 Å². The SMILES string of the molecule is C/C(=N\NC(=O)c1cc(Br)ccc1O)C1=C(O)CC(C)(C)CC1=O. The van der Waals surface area contributed by atoms with Gasteiger partial charge >= 0.3 is 0 Å². The number of hydrogen-bond donors (Lipinski definition) is 3. The Morgan fingerprint density at radius 2 is 1.96 bits per heavy atom. The van der Waals surface area contributed by atoms with E-state index in [9.17, 15) is 19.8 Å². The molecule has 0 saturated heterocycles. The van der Waals surface area contributed by atoms with Gasteiger partial charge in [0.15, 0.2) is 5.78 Å². The molecule has 1 aliphatic carbocycles. The molecule has 1 aromatic rings. The number of Topliss-reactive ketones (excluding diaryl/α,β-unsaturated/α-hetero) is 1. The molecule has 6 nitrogen and oxygen atoms in total. The number of ketones is 1. The quantitative estimate of drug-likeness (QED) is 0.539. The van der Waals surface area contributed by atoms with Gasteiger partial charge in [-0.1, -0.05) is 29.8 Å². The first-order chi connectivity index (χ1) is 11.1. The van der Waals surface area contributed by atoms with E-state index in [0.29, 0.717) is 17.3 Å². The summed E-state index contributed by atoms with van der Waals surface area (Å²) in [5.74, 6) is -1.01. The van der Waals surface area contributed by atoms with Crippen molar-refractivity contribution < 1.29 is 19.8 Å². The maximum atomic E-state index is 12.2. The van der Waals surface area contributed by atoms with Crippen molar-refractivity contribution in [3.63, 3.8) is 0 Å². The van der Waals surface area contributed by atoms with E-state index in [1.165, 1.54) is 12.1 Å². The Hall–Kier alpha value is -2.15. The number of aliphatic hydroxyl groups is 1. The van der Waals surface area contributed by atoms with Crippen molar-refractivity contribution in [1.82, 2.24) is 5.43 Å². The number of hydrogen-bond acceptors (Lipinski definition) is 5. The van der Waals surface area contributed by atoms with Gasteiger partial charge in [-0.2, -0.15) is 5.10 Å². The Bertz CT molecular complexity index is 766. The summed E-state index contributed by atoms with van der Waals surface area (Å²) in [5.41, 5.74) is 2.43. The van der Waals surface area contributed by atoms with E-state index in [1.807, 2.05) is 13.8 Å². The highest BCUT2D eigenvalue weighted by Crippen LogP contribution is 2.36. The van der Waals surface area contributed by atoms with Crippen LogP contribution in [0.15, 0.2) is 39.1 Å². The molecule has 0 unspecified atom stereocenters. The molecule has 0 radical (unpaired) electrons. The zero-order chi connectivity index (χ0) is 18.1. The van der Waals surface area contributed by atoms with Crippen LogP contribution in [0.3, 0.4) is 0 Å². The van der Waals surface area contributed by atoms with Crippen molar-refractivity contribution in [2.45, 2.75) is 33.6 Å². The van der Waals surface area contributed by atoms with Crippen LogP contribution >= 0.6 is 15.9 Å². The lowest BCUT2D eigenvalue weighted by Crippen LogP contribution is -2.29. The Morgan fingerprint density at radius 1 is 1.29 bits per heavy atom. The number of aromatic hydroxyl groups is 1. The fourth-order valence-electron chi connectivity index (χ4n) is 2.64. The van der Waals surface area contributed by atoms with E-state index in [1.54, 1.807) is 13.0 Å². The molecule has 2 rings (SSSR count). The molecule has 0 fully saturated rings. The molecule has 1 amide bonds. The maximum absolute atomic E-state index is 12.2. The standard InChI is InChI=1S/C17H19BrN2O4/c1-9(15-13(22)7-17(2,3)8-14(15)23)19-20-16(24)11-6-10(18)4-5-12(11)21/h4-6,21-22H,7-8H2,1-3H3,(H,20,24)/b19-9+. The van der Waals surface area contributed by atoms with Gasteiger partial charge in [-0.05, 0) is 30.5 Å². The summed E-state index contributed by atoms with van der Waals surface area (Å²) >= 11 is 3.22. The Balaban J connectivity index is 2.21. The number of carbonyl (C=O) groups is 2. The number of phenolic OH excluding ortho intramolecular Hbond substituents is 1. The van der Waals surface area contributed by atoms with Crippen molar-refractivity contribution in [2.75, 3.05) is 0 Å². The second-order valence-corrected chi connectivity index (χ2v) is 7.48. The van der Waals surface area contributed by atoms with Crippen LogP contribution < -0.4 is 5.43 Å². The second kappa shape index (κ2) is 6.76. The Morgan fingerprint density at radius 3 is 2.58 bits per heavy atom. The summed E-state index contributed by atoms with van der Waals surface area (Å²) in [7, 11) is 0. The van der Waals surface area contributed by atoms with E-state index in [2.05, 4.69) is 26.5 Å². The van der Waals surface area contributed by atoms with Gasteiger partial charge in [0.05, 0.1) is 16.8 Å². The van der Waals surface area contributed by atoms with E-state index in [-0.39, 0.29) is 39.6 Å². The largest absolute Gasteiger partial charge is 0.511 e. The lowest BCUT2D eigenvalue weighted by molar-refractivity contribution is -0.117. The van der Waals surface area contributed by atoms with Gasteiger partial charge in [-0.15, -0.1) is 0 Å². The summed E-state index contributed by atoms with van der Waals surface area (Å²) in [4.78, 5) is 24.3. The second-order valence-electron chi connectivity index (χ2n) is 6.56. The number of amides is 1. The highest BCUT2D eigenvalue weighted by Gasteiger charge is 2.34. The van der Waals surface area contributed by atoms with Gasteiger partial charge in [0.25, 0.3) is 5.91 Å². The molecule has 0 aliphatic heterocycles. The van der Waals surface area contributed by atoms with Crippen LogP contribution in [0, 0.1) is 5.41 Å². The minimum Gasteiger partial charge on any atom is -0.511 e. The maximum Gasteiger partial charge on any atom is 0.275 e. The third-order valence-corrected chi connectivity index (χ3v) is 4.24. The van der Waals surface area contributed by atoms with Gasteiger partial charge in [-0.25, -0.2) is 5.43 Å². The molecule has 0 bridgehead atoms. The molecule has 7 heteroatoms. The first-order valence-electron chi connectivity index (χ1n) is 7.39. The zero-order valence-electron chi connectivity index (χ0n) is 13.7. The summed E-state index contributed by atoms with van der Waals surface area (Å²) in [5, 5.41) is 23.8. The molecule has 3 N–H and O–H groups in total. The van der Waals surface area contributed by atoms with Gasteiger partial charge in [0.1, 0.15) is 11.5 Å². The van der Waals surface area contributed by atoms with E-state index < -0.39 is 5.91 Å². The van der Waals surface area contributed by atoms with E-state index >= 15 is 0 Å². The number of allylic oxidation sites excluding steroid dienone is 2. The number of hydrazone groups is 1. The van der Waals surface area contributed by atoms with Crippen LogP contribution in [0.25, 0.3) is 0 Å². The minimum absolute atomic E-state index is 0.0166. The predicted molar refractivity (Wildman–Crippen MR) is 94.1 cm³/mol. The highest BCUT2D eigenvalue weighted by molar-refractivity contribution is 9.10. The van der Waals surface area contributed by atoms with Gasteiger partial charge in [0.2, 0.25) is 0 Å². The first kappa shape index (κ1) is 18.2. The number of benzene rings is 1. The number of halogens is 1. The normalized spacial score (nSPS) is 17.8. The molecule has 128 valence electrons.